The van der Waals surface area contributed by atoms with Gasteiger partial charge in [0.05, 0.1) is 0 Å². The normalized spacial score (nSPS) is 18.6. The van der Waals surface area contributed by atoms with Gasteiger partial charge in [0.2, 0.25) is 5.96 Å². The lowest BCUT2D eigenvalue weighted by Crippen LogP contribution is -2.50. The van der Waals surface area contributed by atoms with Gasteiger partial charge in [-0.25, -0.2) is 5.84 Å². The smallest absolute Gasteiger partial charge is 0.208 e. The third kappa shape index (κ3) is 5.76. The van der Waals surface area contributed by atoms with Crippen molar-refractivity contribution in [2.45, 2.75) is 32.2 Å². The molecule has 1 fully saturated rings. The lowest BCUT2D eigenvalue weighted by Gasteiger charge is -2.36. The summed E-state index contributed by atoms with van der Waals surface area (Å²) in [6, 6.07) is 0.526. The Morgan fingerprint density at radius 3 is 2.74 bits per heavy atom. The summed E-state index contributed by atoms with van der Waals surface area (Å²) in [6.07, 6.45) is 3.25. The van der Waals surface area contributed by atoms with E-state index in [0.29, 0.717) is 6.04 Å². The van der Waals surface area contributed by atoms with Crippen molar-refractivity contribution in [3.63, 3.8) is 0 Å². The van der Waals surface area contributed by atoms with Gasteiger partial charge in [0.25, 0.3) is 0 Å². The van der Waals surface area contributed by atoms with Crippen molar-refractivity contribution in [2.24, 2.45) is 10.8 Å². The molecule has 0 aliphatic carbocycles. The van der Waals surface area contributed by atoms with E-state index >= 15 is 0 Å². The molecule has 1 aliphatic heterocycles. The summed E-state index contributed by atoms with van der Waals surface area (Å²) in [7, 11) is 4.23. The molecule has 0 aromatic heterocycles. The van der Waals surface area contributed by atoms with Crippen LogP contribution in [0.5, 0.6) is 0 Å². The SMILES string of the molecule is CCOCCCN=C(NN)N(C)C1CCN(C)CC1. The zero-order valence-electron chi connectivity index (χ0n) is 12.6. The van der Waals surface area contributed by atoms with Crippen LogP contribution in [0.4, 0.5) is 0 Å². The average molecular weight is 271 g/mol. The van der Waals surface area contributed by atoms with E-state index in [2.05, 4.69) is 34.3 Å². The van der Waals surface area contributed by atoms with Crippen LogP contribution in [-0.2, 0) is 4.74 Å². The number of rotatable bonds is 6. The van der Waals surface area contributed by atoms with Gasteiger partial charge in [-0.15, -0.1) is 0 Å². The average Bonchev–Trinajstić information content (AvgIpc) is 2.43. The molecule has 6 nitrogen and oxygen atoms in total. The Morgan fingerprint density at radius 1 is 1.47 bits per heavy atom. The highest BCUT2D eigenvalue weighted by molar-refractivity contribution is 5.79. The predicted molar refractivity (Wildman–Crippen MR) is 79.0 cm³/mol. The summed E-state index contributed by atoms with van der Waals surface area (Å²) in [6.45, 7) is 6.55. The number of ether oxygens (including phenoxy) is 1. The number of nitrogens with zero attached hydrogens (tertiary/aromatic N) is 3. The van der Waals surface area contributed by atoms with Gasteiger partial charge in [-0.2, -0.15) is 0 Å². The van der Waals surface area contributed by atoms with Crippen LogP contribution in [0, 0.1) is 0 Å². The number of hydrogen-bond donors (Lipinski definition) is 2. The Labute approximate surface area is 117 Å². The maximum Gasteiger partial charge on any atom is 0.208 e. The maximum absolute atomic E-state index is 5.58. The highest BCUT2D eigenvalue weighted by atomic mass is 16.5. The van der Waals surface area contributed by atoms with Crippen molar-refractivity contribution in [1.82, 2.24) is 15.2 Å². The first-order valence-electron chi connectivity index (χ1n) is 7.19. The highest BCUT2D eigenvalue weighted by Crippen LogP contribution is 2.13. The lowest BCUT2D eigenvalue weighted by atomic mass is 10.0. The summed E-state index contributed by atoms with van der Waals surface area (Å²) in [5.74, 6) is 6.37. The minimum absolute atomic E-state index is 0.526. The van der Waals surface area contributed by atoms with Crippen LogP contribution in [0.15, 0.2) is 4.99 Å². The first-order chi connectivity index (χ1) is 9.19. The summed E-state index contributed by atoms with van der Waals surface area (Å²) < 4.78 is 5.30. The summed E-state index contributed by atoms with van der Waals surface area (Å²) in [5, 5.41) is 0. The fourth-order valence-corrected chi connectivity index (χ4v) is 2.31. The molecule has 1 saturated heterocycles. The second-order valence-corrected chi connectivity index (χ2v) is 5.05. The van der Waals surface area contributed by atoms with Gasteiger partial charge in [0.1, 0.15) is 0 Å². The van der Waals surface area contributed by atoms with Crippen LogP contribution in [-0.4, -0.2) is 68.7 Å². The molecule has 1 aliphatic rings. The van der Waals surface area contributed by atoms with Crippen LogP contribution in [0.25, 0.3) is 0 Å². The van der Waals surface area contributed by atoms with Gasteiger partial charge in [0, 0.05) is 32.8 Å². The molecule has 0 aromatic rings. The van der Waals surface area contributed by atoms with E-state index in [0.717, 1.165) is 58.1 Å². The van der Waals surface area contributed by atoms with E-state index in [4.69, 9.17) is 10.6 Å². The van der Waals surface area contributed by atoms with Crippen molar-refractivity contribution in [2.75, 3.05) is 46.9 Å². The molecule has 0 spiro atoms. The molecule has 1 heterocycles. The third-order valence-corrected chi connectivity index (χ3v) is 3.61. The molecule has 3 N–H and O–H groups in total. The largest absolute Gasteiger partial charge is 0.382 e. The van der Waals surface area contributed by atoms with Gasteiger partial charge in [-0.3, -0.25) is 10.4 Å². The number of hydrogen-bond acceptors (Lipinski definition) is 4. The molecular formula is C13H29N5O. The zero-order chi connectivity index (χ0) is 14.1. The van der Waals surface area contributed by atoms with Crippen LogP contribution in [0.3, 0.4) is 0 Å². The summed E-state index contributed by atoms with van der Waals surface area (Å²) in [5.41, 5.74) is 2.72. The predicted octanol–water partition coefficient (Wildman–Crippen LogP) is 0.258. The molecule has 0 unspecified atom stereocenters. The van der Waals surface area contributed by atoms with Gasteiger partial charge in [0.15, 0.2) is 0 Å². The molecule has 6 heteroatoms. The van der Waals surface area contributed by atoms with Crippen molar-refractivity contribution in [3.05, 3.63) is 0 Å². The summed E-state index contributed by atoms with van der Waals surface area (Å²) in [4.78, 5) is 9.06. The first kappa shape index (κ1) is 16.2. The van der Waals surface area contributed by atoms with Gasteiger partial charge >= 0.3 is 0 Å². The van der Waals surface area contributed by atoms with Crippen LogP contribution < -0.4 is 11.3 Å². The molecule has 19 heavy (non-hydrogen) atoms. The highest BCUT2D eigenvalue weighted by Gasteiger charge is 2.22. The standard InChI is InChI=1S/C13H29N5O/c1-4-19-11-5-8-15-13(16-14)18(3)12-6-9-17(2)10-7-12/h12H,4-11,14H2,1-3H3,(H,15,16). The topological polar surface area (TPSA) is 66.1 Å². The van der Waals surface area contributed by atoms with Crippen molar-refractivity contribution in [3.8, 4) is 0 Å². The zero-order valence-corrected chi connectivity index (χ0v) is 12.6. The van der Waals surface area contributed by atoms with Gasteiger partial charge in [-0.1, -0.05) is 0 Å². The Bertz CT molecular complexity index is 264. The Kier molecular flexibility index (Phi) is 7.78. The molecule has 112 valence electrons. The van der Waals surface area contributed by atoms with Gasteiger partial charge in [-0.05, 0) is 46.3 Å². The second kappa shape index (κ2) is 9.12. The van der Waals surface area contributed by atoms with E-state index in [1.165, 1.54) is 0 Å². The Hall–Kier alpha value is -0.850. The molecule has 0 atom stereocenters. The minimum atomic E-state index is 0.526. The number of guanidine groups is 1. The molecule has 0 radical (unpaired) electrons. The van der Waals surface area contributed by atoms with Gasteiger partial charge < -0.3 is 14.5 Å². The first-order valence-corrected chi connectivity index (χ1v) is 7.19. The number of piperidine rings is 1. The molecule has 0 aromatic carbocycles. The van der Waals surface area contributed by atoms with E-state index in [9.17, 15) is 0 Å². The van der Waals surface area contributed by atoms with E-state index < -0.39 is 0 Å². The third-order valence-electron chi connectivity index (χ3n) is 3.61. The Balaban J connectivity index is 2.37. The molecule has 0 saturated carbocycles. The molecule has 0 amide bonds. The van der Waals surface area contributed by atoms with Crippen LogP contribution in [0.1, 0.15) is 26.2 Å². The molecular weight excluding hydrogens is 242 g/mol. The lowest BCUT2D eigenvalue weighted by molar-refractivity contribution is 0.146. The minimum Gasteiger partial charge on any atom is -0.382 e. The van der Waals surface area contributed by atoms with Crippen LogP contribution >= 0.6 is 0 Å². The number of nitrogens with one attached hydrogen (secondary N) is 1. The summed E-state index contributed by atoms with van der Waals surface area (Å²) >= 11 is 0. The second-order valence-electron chi connectivity index (χ2n) is 5.05. The molecule has 0 bridgehead atoms. The van der Waals surface area contributed by atoms with Crippen molar-refractivity contribution in [1.29, 1.82) is 0 Å². The fourth-order valence-electron chi connectivity index (χ4n) is 2.31. The Morgan fingerprint density at radius 2 is 2.16 bits per heavy atom. The van der Waals surface area contributed by atoms with E-state index in [-0.39, 0.29) is 0 Å². The number of hydrazine groups is 1. The van der Waals surface area contributed by atoms with Crippen molar-refractivity contribution >= 4 is 5.96 Å². The maximum atomic E-state index is 5.58. The number of nitrogens with two attached hydrogens (primary N) is 1. The molecule has 1 rings (SSSR count). The van der Waals surface area contributed by atoms with Crippen LogP contribution in [0.2, 0.25) is 0 Å². The number of aliphatic imine (C=N–C) groups is 1. The van der Waals surface area contributed by atoms with Crippen molar-refractivity contribution < 1.29 is 4.74 Å². The van der Waals surface area contributed by atoms with E-state index in [1.807, 2.05) is 6.92 Å². The monoisotopic (exact) mass is 271 g/mol. The quantitative estimate of drug-likeness (QED) is 0.238. The van der Waals surface area contributed by atoms with E-state index in [1.54, 1.807) is 0 Å². The number of likely N-dealkylation sites (tertiary alicyclic amines) is 1. The fraction of sp³-hybridized carbons (Fsp3) is 0.923.